The normalized spacial score (nSPS) is 10.3. The van der Waals surface area contributed by atoms with Crippen LogP contribution in [0.3, 0.4) is 0 Å². The largest absolute Gasteiger partial charge is 0.439 e. The number of hydrogen-bond acceptors (Lipinski definition) is 4. The van der Waals surface area contributed by atoms with Crippen molar-refractivity contribution in [3.63, 3.8) is 0 Å². The van der Waals surface area contributed by atoms with Crippen molar-refractivity contribution in [3.8, 4) is 17.7 Å². The third-order valence-corrected chi connectivity index (χ3v) is 3.97. The fraction of sp³-hybridized carbons (Fsp3) is 0.143. The summed E-state index contributed by atoms with van der Waals surface area (Å²) in [7, 11) is 0. The Morgan fingerprint density at radius 2 is 1.65 bits per heavy atom. The van der Waals surface area contributed by atoms with Crippen LogP contribution in [0.2, 0.25) is 0 Å². The van der Waals surface area contributed by atoms with Crippen molar-refractivity contribution in [3.05, 3.63) is 76.6 Å². The lowest BCUT2D eigenvalue weighted by molar-refractivity contribution is 0.460. The van der Waals surface area contributed by atoms with E-state index in [1.165, 1.54) is 12.1 Å². The molecule has 0 fully saturated rings. The third kappa shape index (κ3) is 3.81. The van der Waals surface area contributed by atoms with Gasteiger partial charge in [0, 0.05) is 11.8 Å². The summed E-state index contributed by atoms with van der Waals surface area (Å²) in [6, 6.07) is 15.9. The molecule has 0 amide bonds. The fourth-order valence-corrected chi connectivity index (χ4v) is 2.64. The van der Waals surface area contributed by atoms with Crippen LogP contribution in [-0.4, -0.2) is 4.98 Å². The zero-order valence-electron chi connectivity index (χ0n) is 14.8. The van der Waals surface area contributed by atoms with E-state index in [1.807, 2.05) is 45.0 Å². The number of anilines is 2. The Bertz CT molecular complexity index is 968. The number of benzene rings is 2. The Morgan fingerprint density at radius 1 is 1.00 bits per heavy atom. The standard InChI is InChI=1S/C21H18FN3O/c1-13-4-6-17(7-5-13)26-19-9-8-18(22)21(24-19)25-20-14(2)10-16(12-23)11-15(20)3/h4-11H,1-3H3,(H,24,25). The molecule has 0 unspecified atom stereocenters. The summed E-state index contributed by atoms with van der Waals surface area (Å²) in [6.07, 6.45) is 0. The summed E-state index contributed by atoms with van der Waals surface area (Å²) in [5.41, 5.74) is 4.09. The Morgan fingerprint density at radius 3 is 2.27 bits per heavy atom. The third-order valence-electron chi connectivity index (χ3n) is 3.97. The summed E-state index contributed by atoms with van der Waals surface area (Å²) in [6.45, 7) is 5.71. The molecule has 4 nitrogen and oxygen atoms in total. The van der Waals surface area contributed by atoms with Crippen molar-refractivity contribution in [1.29, 1.82) is 5.26 Å². The first-order valence-electron chi connectivity index (χ1n) is 8.15. The van der Waals surface area contributed by atoms with Crippen LogP contribution in [0.5, 0.6) is 11.6 Å². The van der Waals surface area contributed by atoms with Gasteiger partial charge >= 0.3 is 0 Å². The number of aromatic nitrogens is 1. The molecule has 0 saturated heterocycles. The van der Waals surface area contributed by atoms with Gasteiger partial charge in [0.1, 0.15) is 5.75 Å². The summed E-state index contributed by atoms with van der Waals surface area (Å²) in [4.78, 5) is 4.24. The molecule has 0 spiro atoms. The van der Waals surface area contributed by atoms with E-state index in [4.69, 9.17) is 10.00 Å². The van der Waals surface area contributed by atoms with Crippen molar-refractivity contribution in [2.45, 2.75) is 20.8 Å². The minimum atomic E-state index is -0.482. The first kappa shape index (κ1) is 17.4. The fourth-order valence-electron chi connectivity index (χ4n) is 2.64. The summed E-state index contributed by atoms with van der Waals surface area (Å²) < 4.78 is 19.9. The van der Waals surface area contributed by atoms with Gasteiger partial charge in [-0.2, -0.15) is 10.2 Å². The van der Waals surface area contributed by atoms with Gasteiger partial charge in [-0.25, -0.2) is 4.39 Å². The molecule has 26 heavy (non-hydrogen) atoms. The number of hydrogen-bond donors (Lipinski definition) is 1. The van der Waals surface area contributed by atoms with Crippen LogP contribution in [0.4, 0.5) is 15.9 Å². The molecule has 1 N–H and O–H groups in total. The van der Waals surface area contributed by atoms with Crippen molar-refractivity contribution < 1.29 is 9.13 Å². The van der Waals surface area contributed by atoms with Gasteiger partial charge in [-0.3, -0.25) is 0 Å². The number of ether oxygens (including phenoxy) is 1. The lowest BCUT2D eigenvalue weighted by Gasteiger charge is -2.14. The van der Waals surface area contributed by atoms with Gasteiger partial charge in [0.05, 0.1) is 11.6 Å². The number of nitrogens with one attached hydrogen (secondary N) is 1. The zero-order chi connectivity index (χ0) is 18.7. The SMILES string of the molecule is Cc1ccc(Oc2ccc(F)c(Nc3c(C)cc(C#N)cc3C)n2)cc1. The van der Waals surface area contributed by atoms with Crippen molar-refractivity contribution in [1.82, 2.24) is 4.98 Å². The van der Waals surface area contributed by atoms with Crippen LogP contribution < -0.4 is 10.1 Å². The van der Waals surface area contributed by atoms with Crippen LogP contribution >= 0.6 is 0 Å². The molecular formula is C21H18FN3O. The number of nitriles is 1. The van der Waals surface area contributed by atoms with Gasteiger partial charge in [0.15, 0.2) is 11.6 Å². The molecule has 0 aliphatic carbocycles. The molecule has 0 saturated carbocycles. The van der Waals surface area contributed by atoms with Crippen LogP contribution in [0.15, 0.2) is 48.5 Å². The minimum Gasteiger partial charge on any atom is -0.439 e. The highest BCUT2D eigenvalue weighted by molar-refractivity contribution is 5.66. The maximum Gasteiger partial charge on any atom is 0.221 e. The Labute approximate surface area is 151 Å². The van der Waals surface area contributed by atoms with Crippen LogP contribution in [0.1, 0.15) is 22.3 Å². The summed E-state index contributed by atoms with van der Waals surface area (Å²) in [5.74, 6) is 0.517. The van der Waals surface area contributed by atoms with Crippen LogP contribution in [0.25, 0.3) is 0 Å². The molecule has 0 aliphatic rings. The minimum absolute atomic E-state index is 0.0746. The Hall–Kier alpha value is -3.39. The average molecular weight is 347 g/mol. The number of pyridine rings is 1. The van der Waals surface area contributed by atoms with Gasteiger partial charge in [-0.1, -0.05) is 17.7 Å². The number of halogens is 1. The smallest absolute Gasteiger partial charge is 0.221 e. The van der Waals surface area contributed by atoms with E-state index in [0.717, 1.165) is 22.4 Å². The lowest BCUT2D eigenvalue weighted by atomic mass is 10.0. The lowest BCUT2D eigenvalue weighted by Crippen LogP contribution is -2.02. The van der Waals surface area contributed by atoms with E-state index in [0.29, 0.717) is 17.2 Å². The molecule has 0 atom stereocenters. The molecular weight excluding hydrogens is 329 g/mol. The first-order chi connectivity index (χ1) is 12.5. The zero-order valence-corrected chi connectivity index (χ0v) is 14.8. The van der Waals surface area contributed by atoms with Gasteiger partial charge < -0.3 is 10.1 Å². The van der Waals surface area contributed by atoms with Crippen molar-refractivity contribution >= 4 is 11.5 Å². The van der Waals surface area contributed by atoms with E-state index in [9.17, 15) is 4.39 Å². The predicted molar refractivity (Wildman–Crippen MR) is 99.4 cm³/mol. The average Bonchev–Trinajstić information content (AvgIpc) is 2.62. The highest BCUT2D eigenvalue weighted by atomic mass is 19.1. The second-order valence-corrected chi connectivity index (χ2v) is 6.12. The van der Waals surface area contributed by atoms with Gasteiger partial charge in [0.25, 0.3) is 0 Å². The van der Waals surface area contributed by atoms with E-state index < -0.39 is 5.82 Å². The van der Waals surface area contributed by atoms with E-state index in [-0.39, 0.29) is 5.82 Å². The number of aryl methyl sites for hydroxylation is 3. The quantitative estimate of drug-likeness (QED) is 0.672. The molecule has 1 heterocycles. The van der Waals surface area contributed by atoms with E-state index >= 15 is 0 Å². The van der Waals surface area contributed by atoms with Gasteiger partial charge in [-0.05, 0) is 62.2 Å². The number of nitrogens with zero attached hydrogens (tertiary/aromatic N) is 2. The Kier molecular flexibility index (Phi) is 4.85. The highest BCUT2D eigenvalue weighted by Gasteiger charge is 2.11. The molecule has 2 aromatic carbocycles. The summed E-state index contributed by atoms with van der Waals surface area (Å²) in [5, 5.41) is 12.1. The van der Waals surface area contributed by atoms with Gasteiger partial charge in [-0.15, -0.1) is 0 Å². The van der Waals surface area contributed by atoms with Crippen LogP contribution in [0, 0.1) is 37.9 Å². The molecule has 0 aliphatic heterocycles. The van der Waals surface area contributed by atoms with E-state index in [1.54, 1.807) is 12.1 Å². The second kappa shape index (κ2) is 7.24. The molecule has 3 aromatic rings. The summed E-state index contributed by atoms with van der Waals surface area (Å²) >= 11 is 0. The number of rotatable bonds is 4. The second-order valence-electron chi connectivity index (χ2n) is 6.12. The highest BCUT2D eigenvalue weighted by Crippen LogP contribution is 2.28. The first-order valence-corrected chi connectivity index (χ1v) is 8.15. The molecule has 0 bridgehead atoms. The molecule has 5 heteroatoms. The van der Waals surface area contributed by atoms with E-state index in [2.05, 4.69) is 16.4 Å². The topological polar surface area (TPSA) is 57.9 Å². The predicted octanol–water partition coefficient (Wildman–Crippen LogP) is 5.55. The molecule has 0 radical (unpaired) electrons. The van der Waals surface area contributed by atoms with Crippen molar-refractivity contribution in [2.24, 2.45) is 0 Å². The maximum atomic E-state index is 14.2. The maximum absolute atomic E-state index is 14.2. The molecule has 1 aromatic heterocycles. The monoisotopic (exact) mass is 347 g/mol. The van der Waals surface area contributed by atoms with Crippen molar-refractivity contribution in [2.75, 3.05) is 5.32 Å². The molecule has 3 rings (SSSR count). The Balaban J connectivity index is 1.89. The van der Waals surface area contributed by atoms with Crippen LogP contribution in [-0.2, 0) is 0 Å². The molecule has 130 valence electrons. The van der Waals surface area contributed by atoms with Gasteiger partial charge in [0.2, 0.25) is 5.88 Å².